The van der Waals surface area contributed by atoms with Crippen molar-refractivity contribution in [1.29, 1.82) is 0 Å². The molecule has 0 saturated heterocycles. The van der Waals surface area contributed by atoms with Gasteiger partial charge in [0.05, 0.1) is 10.4 Å². The Morgan fingerprint density at radius 1 is 1.06 bits per heavy atom. The number of amides is 1. The van der Waals surface area contributed by atoms with Gasteiger partial charge in [0, 0.05) is 26.0 Å². The number of aromatic amines is 1. The normalized spacial score (nSPS) is 11.5. The maximum absolute atomic E-state index is 13.1. The fourth-order valence-electron chi connectivity index (χ4n) is 3.83. The number of H-pyrrole nitrogens is 1. The van der Waals surface area contributed by atoms with Crippen LogP contribution in [-0.2, 0) is 22.7 Å². The van der Waals surface area contributed by atoms with Crippen molar-refractivity contribution in [1.82, 2.24) is 14.9 Å². The first-order chi connectivity index (χ1) is 17.0. The van der Waals surface area contributed by atoms with E-state index in [1.807, 2.05) is 0 Å². The molecule has 8 nitrogen and oxygen atoms in total. The van der Waals surface area contributed by atoms with Gasteiger partial charge in [-0.05, 0) is 59.9 Å². The van der Waals surface area contributed by atoms with Crippen molar-refractivity contribution >= 4 is 26.8 Å². The Kier molecular flexibility index (Phi) is 6.89. The van der Waals surface area contributed by atoms with Gasteiger partial charge in [-0.1, -0.05) is 24.3 Å². The Hall–Kier alpha value is -4.05. The molecule has 10 heteroatoms. The van der Waals surface area contributed by atoms with Gasteiger partial charge in [0.25, 0.3) is 11.5 Å². The van der Waals surface area contributed by atoms with E-state index in [1.54, 1.807) is 30.3 Å². The van der Waals surface area contributed by atoms with E-state index in [9.17, 15) is 27.5 Å². The molecular formula is C26H24FN3O5S. The molecule has 2 aromatic heterocycles. The predicted octanol–water partition coefficient (Wildman–Crippen LogP) is 3.08. The standard InChI is InChI=1S/C26H24FN3O5S/c1-30(12-11-16-5-9-20(10-6-16)36(2,34)35)26(33)22-24(31)23-21(29-25(22)32)14-18(15-28-23)13-17-3-7-19(27)8-4-17/h3-10,14-15H,11-13H2,1-2H3,(H2,29,31,32). The number of nitrogens with one attached hydrogen (secondary N) is 1. The van der Waals surface area contributed by atoms with E-state index in [-0.39, 0.29) is 28.3 Å². The molecule has 0 aliphatic rings. The summed E-state index contributed by atoms with van der Waals surface area (Å²) in [6, 6.07) is 14.0. The minimum Gasteiger partial charge on any atom is -0.505 e. The van der Waals surface area contributed by atoms with Gasteiger partial charge >= 0.3 is 0 Å². The van der Waals surface area contributed by atoms with Crippen molar-refractivity contribution < 1.29 is 22.7 Å². The maximum Gasteiger partial charge on any atom is 0.265 e. The van der Waals surface area contributed by atoms with Crippen LogP contribution in [0.25, 0.3) is 11.0 Å². The fraction of sp³-hybridized carbons (Fsp3) is 0.192. The first-order valence-corrected chi connectivity index (χ1v) is 12.9. The van der Waals surface area contributed by atoms with Crippen LogP contribution in [0, 0.1) is 5.82 Å². The van der Waals surface area contributed by atoms with Gasteiger partial charge in [0.15, 0.2) is 15.6 Å². The van der Waals surface area contributed by atoms with Crippen LogP contribution in [0.2, 0.25) is 0 Å². The number of aromatic hydroxyl groups is 1. The number of carbonyl (C=O) groups is 1. The number of fused-ring (bicyclic) bond motifs is 1. The van der Waals surface area contributed by atoms with E-state index in [4.69, 9.17) is 0 Å². The predicted molar refractivity (Wildman–Crippen MR) is 133 cm³/mol. The lowest BCUT2D eigenvalue weighted by molar-refractivity contribution is 0.0792. The third-order valence-corrected chi connectivity index (χ3v) is 6.98. The van der Waals surface area contributed by atoms with Crippen molar-refractivity contribution in [2.75, 3.05) is 19.8 Å². The summed E-state index contributed by atoms with van der Waals surface area (Å²) in [5.41, 5.74) is 1.62. The van der Waals surface area contributed by atoms with Gasteiger partial charge in [-0.3, -0.25) is 14.6 Å². The molecule has 0 saturated carbocycles. The van der Waals surface area contributed by atoms with Gasteiger partial charge < -0.3 is 15.0 Å². The van der Waals surface area contributed by atoms with Gasteiger partial charge in [-0.25, -0.2) is 12.8 Å². The molecule has 4 rings (SSSR count). The molecule has 0 atom stereocenters. The number of halogens is 1. The number of sulfone groups is 1. The number of hydrogen-bond donors (Lipinski definition) is 2. The number of nitrogens with zero attached hydrogens (tertiary/aromatic N) is 2. The SMILES string of the molecule is CN(CCc1ccc(S(C)(=O)=O)cc1)C(=O)c1c(O)c2ncc(Cc3ccc(F)cc3)cc2[nH]c1=O. The molecule has 2 N–H and O–H groups in total. The number of hydrogen-bond acceptors (Lipinski definition) is 6. The zero-order chi connectivity index (χ0) is 26.0. The third kappa shape index (κ3) is 5.44. The molecule has 0 aliphatic heterocycles. The van der Waals surface area contributed by atoms with E-state index in [0.717, 1.165) is 22.9 Å². The summed E-state index contributed by atoms with van der Waals surface area (Å²) in [5.74, 6) is -1.51. The number of likely N-dealkylation sites (N-methyl/N-ethyl adjacent to an activating group) is 1. The Labute approximate surface area is 207 Å². The van der Waals surface area contributed by atoms with Crippen LogP contribution in [-0.4, -0.2) is 54.1 Å². The highest BCUT2D eigenvalue weighted by Crippen LogP contribution is 2.25. The molecule has 0 radical (unpaired) electrons. The summed E-state index contributed by atoms with van der Waals surface area (Å²) in [4.78, 5) is 34.1. The quantitative estimate of drug-likeness (QED) is 0.395. The zero-order valence-corrected chi connectivity index (χ0v) is 20.5. The molecule has 2 heterocycles. The second kappa shape index (κ2) is 9.90. The second-order valence-corrected chi connectivity index (χ2v) is 10.6. The van der Waals surface area contributed by atoms with Crippen LogP contribution in [0.1, 0.15) is 27.0 Å². The molecule has 0 spiro atoms. The van der Waals surface area contributed by atoms with Crippen molar-refractivity contribution in [3.63, 3.8) is 0 Å². The topological polar surface area (TPSA) is 120 Å². The highest BCUT2D eigenvalue weighted by Gasteiger charge is 2.23. The number of rotatable bonds is 7. The minimum atomic E-state index is -3.30. The highest BCUT2D eigenvalue weighted by atomic mass is 32.2. The van der Waals surface area contributed by atoms with E-state index in [2.05, 4.69) is 9.97 Å². The van der Waals surface area contributed by atoms with Crippen LogP contribution in [0.3, 0.4) is 0 Å². The summed E-state index contributed by atoms with van der Waals surface area (Å²) in [6.07, 6.45) is 3.52. The molecule has 36 heavy (non-hydrogen) atoms. The van der Waals surface area contributed by atoms with Crippen molar-refractivity contribution in [2.45, 2.75) is 17.7 Å². The second-order valence-electron chi connectivity index (χ2n) is 8.61. The van der Waals surface area contributed by atoms with E-state index in [0.29, 0.717) is 12.8 Å². The van der Waals surface area contributed by atoms with Crippen molar-refractivity contribution in [3.05, 3.63) is 99.2 Å². The Bertz CT molecular complexity index is 1600. The summed E-state index contributed by atoms with van der Waals surface area (Å²) >= 11 is 0. The maximum atomic E-state index is 13.1. The third-order valence-electron chi connectivity index (χ3n) is 5.85. The molecule has 0 bridgehead atoms. The van der Waals surface area contributed by atoms with Crippen molar-refractivity contribution in [2.24, 2.45) is 0 Å². The first-order valence-electron chi connectivity index (χ1n) is 11.1. The summed E-state index contributed by atoms with van der Waals surface area (Å²) in [6.45, 7) is 0.234. The molecule has 186 valence electrons. The van der Waals surface area contributed by atoms with Crippen LogP contribution >= 0.6 is 0 Å². The van der Waals surface area contributed by atoms with Crippen LogP contribution in [0.5, 0.6) is 5.75 Å². The number of benzene rings is 2. The Morgan fingerprint density at radius 2 is 1.69 bits per heavy atom. The first kappa shape index (κ1) is 25.1. The molecular weight excluding hydrogens is 485 g/mol. The summed E-state index contributed by atoms with van der Waals surface area (Å²) < 4.78 is 36.3. The van der Waals surface area contributed by atoms with Gasteiger partial charge in [-0.2, -0.15) is 0 Å². The van der Waals surface area contributed by atoms with Crippen LogP contribution in [0.15, 0.2) is 70.5 Å². The zero-order valence-electron chi connectivity index (χ0n) is 19.7. The monoisotopic (exact) mass is 509 g/mol. The lowest BCUT2D eigenvalue weighted by Gasteiger charge is -2.18. The minimum absolute atomic E-state index is 0.0885. The van der Waals surface area contributed by atoms with E-state index >= 15 is 0 Å². The van der Waals surface area contributed by atoms with Gasteiger partial charge in [0.2, 0.25) is 0 Å². The number of aromatic nitrogens is 2. The highest BCUT2D eigenvalue weighted by molar-refractivity contribution is 7.90. The molecule has 2 aromatic carbocycles. The lowest BCUT2D eigenvalue weighted by atomic mass is 10.1. The molecule has 0 unspecified atom stereocenters. The average Bonchev–Trinajstić information content (AvgIpc) is 2.83. The summed E-state index contributed by atoms with van der Waals surface area (Å²) in [5, 5.41) is 10.7. The smallest absolute Gasteiger partial charge is 0.265 e. The Morgan fingerprint density at radius 3 is 2.33 bits per heavy atom. The van der Waals surface area contributed by atoms with E-state index < -0.39 is 32.6 Å². The largest absolute Gasteiger partial charge is 0.505 e. The lowest BCUT2D eigenvalue weighted by Crippen LogP contribution is -2.33. The van der Waals surface area contributed by atoms with Gasteiger partial charge in [0.1, 0.15) is 16.9 Å². The average molecular weight is 510 g/mol. The summed E-state index contributed by atoms with van der Waals surface area (Å²) in [7, 11) is -1.79. The van der Waals surface area contributed by atoms with E-state index in [1.165, 1.54) is 42.4 Å². The molecule has 1 amide bonds. The molecule has 0 fully saturated rings. The number of pyridine rings is 2. The molecule has 4 aromatic rings. The fourth-order valence-corrected chi connectivity index (χ4v) is 4.46. The van der Waals surface area contributed by atoms with Crippen molar-refractivity contribution in [3.8, 4) is 5.75 Å². The van der Waals surface area contributed by atoms with Crippen LogP contribution in [0.4, 0.5) is 4.39 Å². The van der Waals surface area contributed by atoms with Crippen LogP contribution < -0.4 is 5.56 Å². The Balaban J connectivity index is 1.52. The number of carbonyl (C=O) groups excluding carboxylic acids is 1. The van der Waals surface area contributed by atoms with Gasteiger partial charge in [-0.15, -0.1) is 0 Å². The molecule has 0 aliphatic carbocycles.